The van der Waals surface area contributed by atoms with Gasteiger partial charge in [0.2, 0.25) is 0 Å². The zero-order chi connectivity index (χ0) is 21.4. The Morgan fingerprint density at radius 2 is 1.61 bits per heavy atom. The van der Waals surface area contributed by atoms with Crippen LogP contribution in [-0.2, 0) is 6.54 Å². The van der Waals surface area contributed by atoms with Crippen molar-refractivity contribution in [1.29, 1.82) is 0 Å². The number of aromatic nitrogens is 3. The molecular weight excluding hydrogens is 382 g/mol. The van der Waals surface area contributed by atoms with E-state index in [1.807, 2.05) is 0 Å². The number of benzene rings is 2. The molecule has 158 valence electrons. The Morgan fingerprint density at radius 1 is 0.903 bits per heavy atom. The molecule has 3 heterocycles. The van der Waals surface area contributed by atoms with Gasteiger partial charge in [0.15, 0.2) is 5.65 Å². The monoisotopic (exact) mass is 412 g/mol. The van der Waals surface area contributed by atoms with Crippen LogP contribution in [0.3, 0.4) is 0 Å². The topological polar surface area (TPSA) is 37.9 Å². The fourth-order valence-corrected chi connectivity index (χ4v) is 4.62. The average Bonchev–Trinajstić information content (AvgIpc) is 3.11. The van der Waals surface area contributed by atoms with Gasteiger partial charge in [-0.25, -0.2) is 4.98 Å². The molecule has 2 aromatic carbocycles. The Kier molecular flexibility index (Phi) is 5.20. The Labute approximate surface area is 184 Å². The largest absolute Gasteiger partial charge is 0.345 e. The van der Waals surface area contributed by atoms with Crippen molar-refractivity contribution in [2.24, 2.45) is 0 Å². The summed E-state index contributed by atoms with van der Waals surface area (Å²) < 4.78 is 2.06. The summed E-state index contributed by atoms with van der Waals surface area (Å²) in [6.07, 6.45) is 0. The highest BCUT2D eigenvalue weighted by Gasteiger charge is 2.24. The van der Waals surface area contributed by atoms with Crippen LogP contribution in [0.1, 0.15) is 22.5 Å². The van der Waals surface area contributed by atoms with Crippen LogP contribution in [0.2, 0.25) is 0 Å². The minimum atomic E-state index is 0.954. The second-order valence-corrected chi connectivity index (χ2v) is 8.72. The van der Waals surface area contributed by atoms with Crippen LogP contribution in [0.15, 0.2) is 60.7 Å². The first-order valence-corrected chi connectivity index (χ1v) is 11.1. The van der Waals surface area contributed by atoms with E-state index in [0.717, 1.165) is 61.1 Å². The van der Waals surface area contributed by atoms with Gasteiger partial charge in [-0.1, -0.05) is 60.2 Å². The van der Waals surface area contributed by atoms with E-state index in [1.54, 1.807) is 4.90 Å². The highest BCUT2D eigenvalue weighted by Crippen LogP contribution is 2.30. The summed E-state index contributed by atoms with van der Waals surface area (Å²) in [5.41, 5.74) is 8.01. The fourth-order valence-electron chi connectivity index (χ4n) is 4.62. The Morgan fingerprint density at radius 3 is 2.32 bits per heavy atom. The number of anilines is 1. The molecule has 0 amide bonds. The molecule has 5 rings (SSSR count). The van der Waals surface area contributed by atoms with E-state index in [1.165, 1.54) is 16.7 Å². The lowest BCUT2D eigenvalue weighted by molar-refractivity contribution is -0.914. The van der Waals surface area contributed by atoms with Crippen LogP contribution in [0, 0.1) is 20.8 Å². The number of fused-ring (bicyclic) bond motifs is 1. The molecule has 1 fully saturated rings. The molecule has 0 atom stereocenters. The smallest absolute Gasteiger partial charge is 0.165 e. The van der Waals surface area contributed by atoms with Gasteiger partial charge in [-0.3, -0.25) is 0 Å². The summed E-state index contributed by atoms with van der Waals surface area (Å²) >= 11 is 0. The molecule has 0 aliphatic carbocycles. The maximum Gasteiger partial charge on any atom is 0.165 e. The number of piperazine rings is 1. The maximum absolute atomic E-state index is 4.92. The van der Waals surface area contributed by atoms with Crippen molar-refractivity contribution in [2.75, 3.05) is 31.1 Å². The predicted molar refractivity (Wildman–Crippen MR) is 126 cm³/mol. The zero-order valence-corrected chi connectivity index (χ0v) is 18.6. The van der Waals surface area contributed by atoms with Crippen LogP contribution < -0.4 is 9.80 Å². The quantitative estimate of drug-likeness (QED) is 0.559. The van der Waals surface area contributed by atoms with Crippen molar-refractivity contribution < 1.29 is 4.90 Å². The van der Waals surface area contributed by atoms with Gasteiger partial charge in [0, 0.05) is 22.9 Å². The molecule has 2 aromatic heterocycles. The third kappa shape index (κ3) is 3.93. The maximum atomic E-state index is 4.92. The minimum absolute atomic E-state index is 0.954. The van der Waals surface area contributed by atoms with E-state index in [4.69, 9.17) is 10.1 Å². The first-order valence-electron chi connectivity index (χ1n) is 11.1. The van der Waals surface area contributed by atoms with Crippen molar-refractivity contribution in [2.45, 2.75) is 27.3 Å². The highest BCUT2D eigenvalue weighted by atomic mass is 15.4. The lowest BCUT2D eigenvalue weighted by atomic mass is 10.0. The Balaban J connectivity index is 1.43. The molecular formula is C26H30N5+. The van der Waals surface area contributed by atoms with E-state index in [-0.39, 0.29) is 0 Å². The number of hydrogen-bond acceptors (Lipinski definition) is 3. The zero-order valence-electron chi connectivity index (χ0n) is 18.6. The van der Waals surface area contributed by atoms with Crippen LogP contribution in [-0.4, -0.2) is 40.8 Å². The van der Waals surface area contributed by atoms with Crippen molar-refractivity contribution in [3.05, 3.63) is 83.2 Å². The molecule has 5 heteroatoms. The first kappa shape index (κ1) is 19.8. The first-order chi connectivity index (χ1) is 15.1. The van der Waals surface area contributed by atoms with Gasteiger partial charge < -0.3 is 9.80 Å². The third-order valence-corrected chi connectivity index (χ3v) is 6.31. The standard InChI is InChI=1S/C26H29N5/c1-19-9-11-23(12-10-19)25-21(3)28-31-24(17-20(2)27-26(25)31)30-15-13-29(14-16-30)18-22-7-5-4-6-8-22/h4-12,17H,13-16,18H2,1-3H3/p+1. The van der Waals surface area contributed by atoms with Crippen molar-refractivity contribution >= 4 is 11.5 Å². The molecule has 5 nitrogen and oxygen atoms in total. The van der Waals surface area contributed by atoms with Crippen molar-refractivity contribution in [3.63, 3.8) is 0 Å². The lowest BCUT2D eigenvalue weighted by Gasteiger charge is -2.33. The lowest BCUT2D eigenvalue weighted by Crippen LogP contribution is -3.13. The fraction of sp³-hybridized carbons (Fsp3) is 0.308. The summed E-state index contributed by atoms with van der Waals surface area (Å²) in [6, 6.07) is 21.7. The molecule has 0 unspecified atom stereocenters. The minimum Gasteiger partial charge on any atom is -0.345 e. The van der Waals surface area contributed by atoms with E-state index in [0.29, 0.717) is 0 Å². The molecule has 0 spiro atoms. The van der Waals surface area contributed by atoms with Gasteiger partial charge in [-0.2, -0.15) is 9.61 Å². The van der Waals surface area contributed by atoms with E-state index >= 15 is 0 Å². The van der Waals surface area contributed by atoms with Crippen molar-refractivity contribution in [3.8, 4) is 11.1 Å². The van der Waals surface area contributed by atoms with Crippen molar-refractivity contribution in [1.82, 2.24) is 14.6 Å². The summed E-state index contributed by atoms with van der Waals surface area (Å²) in [6.45, 7) is 11.7. The predicted octanol–water partition coefficient (Wildman–Crippen LogP) is 3.23. The summed E-state index contributed by atoms with van der Waals surface area (Å²) in [4.78, 5) is 9.00. The number of nitrogens with one attached hydrogen (secondary N) is 1. The third-order valence-electron chi connectivity index (χ3n) is 6.31. The van der Waals surface area contributed by atoms with Crippen LogP contribution in [0.4, 0.5) is 5.82 Å². The average molecular weight is 413 g/mol. The van der Waals surface area contributed by atoms with E-state index in [2.05, 4.69) is 90.9 Å². The molecule has 0 bridgehead atoms. The SMILES string of the molecule is Cc1ccc(-c2c(C)nn3c(N4CC[NH+](Cc5ccccc5)CC4)cc(C)nc23)cc1. The Bertz CT molecular complexity index is 1190. The summed E-state index contributed by atoms with van der Waals surface area (Å²) in [5.74, 6) is 1.16. The summed E-state index contributed by atoms with van der Waals surface area (Å²) in [7, 11) is 0. The molecule has 1 aliphatic heterocycles. The van der Waals surface area contributed by atoms with Gasteiger partial charge in [0.25, 0.3) is 0 Å². The molecule has 31 heavy (non-hydrogen) atoms. The normalized spacial score (nSPS) is 15.0. The van der Waals surface area contributed by atoms with Crippen LogP contribution in [0.25, 0.3) is 16.8 Å². The van der Waals surface area contributed by atoms with Gasteiger partial charge in [0.1, 0.15) is 12.4 Å². The van der Waals surface area contributed by atoms with Gasteiger partial charge in [0.05, 0.1) is 31.9 Å². The van der Waals surface area contributed by atoms with Gasteiger partial charge in [-0.05, 0) is 26.3 Å². The van der Waals surface area contributed by atoms with Gasteiger partial charge in [-0.15, -0.1) is 0 Å². The molecule has 1 saturated heterocycles. The number of nitrogens with zero attached hydrogens (tertiary/aromatic N) is 4. The Hall–Kier alpha value is -3.18. The molecule has 1 N–H and O–H groups in total. The summed E-state index contributed by atoms with van der Waals surface area (Å²) in [5, 5.41) is 4.92. The molecule has 4 aromatic rings. The van der Waals surface area contributed by atoms with Crippen LogP contribution in [0.5, 0.6) is 0 Å². The number of hydrogen-bond donors (Lipinski definition) is 1. The van der Waals surface area contributed by atoms with E-state index in [9.17, 15) is 0 Å². The molecule has 1 aliphatic rings. The highest BCUT2D eigenvalue weighted by molar-refractivity contribution is 5.81. The number of rotatable bonds is 4. The second-order valence-electron chi connectivity index (χ2n) is 8.72. The van der Waals surface area contributed by atoms with E-state index < -0.39 is 0 Å². The van der Waals surface area contributed by atoms with Gasteiger partial charge >= 0.3 is 0 Å². The molecule has 0 saturated carbocycles. The second kappa shape index (κ2) is 8.16. The number of quaternary nitrogens is 1. The molecule has 0 radical (unpaired) electrons. The number of aryl methyl sites for hydroxylation is 3. The van der Waals surface area contributed by atoms with Crippen LogP contribution >= 0.6 is 0 Å².